The summed E-state index contributed by atoms with van der Waals surface area (Å²) < 4.78 is 38.4. The van der Waals surface area contributed by atoms with E-state index in [0.29, 0.717) is 24.5 Å². The molecule has 2 aromatic rings. The Balaban J connectivity index is 2.02. The second kappa shape index (κ2) is 6.45. The Bertz CT molecular complexity index is 848. The summed E-state index contributed by atoms with van der Waals surface area (Å²) in [7, 11) is -0.674. The van der Waals surface area contributed by atoms with E-state index in [1.165, 1.54) is 19.8 Å². The molecule has 0 fully saturated rings. The molecule has 128 valence electrons. The Morgan fingerprint density at radius 3 is 2.42 bits per heavy atom. The van der Waals surface area contributed by atoms with E-state index in [0.717, 1.165) is 5.56 Å². The Kier molecular flexibility index (Phi) is 4.51. The van der Waals surface area contributed by atoms with Crippen molar-refractivity contribution in [2.75, 3.05) is 14.2 Å². The maximum absolute atomic E-state index is 13.2. The van der Waals surface area contributed by atoms with Crippen molar-refractivity contribution in [3.63, 3.8) is 0 Å². The maximum Gasteiger partial charge on any atom is 0.247 e. The number of hydrogen-bond acceptors (Lipinski definition) is 4. The van der Waals surface area contributed by atoms with Crippen molar-refractivity contribution < 1.29 is 17.9 Å². The van der Waals surface area contributed by atoms with Crippen LogP contribution >= 0.6 is 0 Å². The highest BCUT2D eigenvalue weighted by Crippen LogP contribution is 2.34. The SMILES string of the molecule is COc1ccc(S(=O)(=O)N2Cc3ccccc3CC2C)c(OC)c1. The molecule has 24 heavy (non-hydrogen) atoms. The lowest BCUT2D eigenvalue weighted by Crippen LogP contribution is -2.42. The lowest BCUT2D eigenvalue weighted by atomic mass is 9.97. The van der Waals surface area contributed by atoms with Gasteiger partial charge in [0.25, 0.3) is 0 Å². The first-order valence-electron chi connectivity index (χ1n) is 7.78. The highest BCUT2D eigenvalue weighted by molar-refractivity contribution is 7.89. The van der Waals surface area contributed by atoms with Crippen LogP contribution < -0.4 is 9.47 Å². The molecule has 1 heterocycles. The molecule has 1 aliphatic rings. The fourth-order valence-corrected chi connectivity index (χ4v) is 4.84. The van der Waals surface area contributed by atoms with Crippen LogP contribution in [-0.2, 0) is 23.0 Å². The van der Waals surface area contributed by atoms with Gasteiger partial charge < -0.3 is 9.47 Å². The van der Waals surface area contributed by atoms with Crippen molar-refractivity contribution in [3.8, 4) is 11.5 Å². The van der Waals surface area contributed by atoms with E-state index >= 15 is 0 Å². The predicted molar refractivity (Wildman–Crippen MR) is 91.9 cm³/mol. The summed E-state index contributed by atoms with van der Waals surface area (Å²) in [6.07, 6.45) is 0.702. The number of hydrogen-bond donors (Lipinski definition) is 0. The van der Waals surface area contributed by atoms with E-state index in [4.69, 9.17) is 9.47 Å². The maximum atomic E-state index is 13.2. The topological polar surface area (TPSA) is 55.8 Å². The Hall–Kier alpha value is -2.05. The molecule has 3 rings (SSSR count). The summed E-state index contributed by atoms with van der Waals surface area (Å²) in [6, 6.07) is 12.6. The predicted octanol–water partition coefficient (Wildman–Crippen LogP) is 2.84. The number of ether oxygens (including phenoxy) is 2. The summed E-state index contributed by atoms with van der Waals surface area (Å²) in [6.45, 7) is 2.30. The molecule has 0 aromatic heterocycles. The van der Waals surface area contributed by atoms with Gasteiger partial charge in [0, 0.05) is 18.7 Å². The Labute approximate surface area is 142 Å². The molecular weight excluding hydrogens is 326 g/mol. The molecule has 0 amide bonds. The average Bonchev–Trinajstić information content (AvgIpc) is 2.60. The van der Waals surface area contributed by atoms with Gasteiger partial charge in [-0.15, -0.1) is 0 Å². The molecule has 0 bridgehead atoms. The summed E-state index contributed by atoms with van der Waals surface area (Å²) >= 11 is 0. The van der Waals surface area contributed by atoms with Crippen LogP contribution in [0.3, 0.4) is 0 Å². The molecule has 0 radical (unpaired) electrons. The zero-order valence-corrected chi connectivity index (χ0v) is 14.8. The molecular formula is C18H21NO4S. The first kappa shape index (κ1) is 16.8. The number of benzene rings is 2. The monoisotopic (exact) mass is 347 g/mol. The van der Waals surface area contributed by atoms with E-state index in [-0.39, 0.29) is 10.9 Å². The summed E-state index contributed by atoms with van der Waals surface area (Å²) in [5, 5.41) is 0. The van der Waals surface area contributed by atoms with Gasteiger partial charge in [0.2, 0.25) is 10.0 Å². The highest BCUT2D eigenvalue weighted by Gasteiger charge is 2.35. The first-order valence-corrected chi connectivity index (χ1v) is 9.22. The molecule has 0 spiro atoms. The van der Waals surface area contributed by atoms with Crippen molar-refractivity contribution in [3.05, 3.63) is 53.6 Å². The van der Waals surface area contributed by atoms with Crippen molar-refractivity contribution >= 4 is 10.0 Å². The zero-order chi connectivity index (χ0) is 17.3. The van der Waals surface area contributed by atoms with Gasteiger partial charge >= 0.3 is 0 Å². The van der Waals surface area contributed by atoms with E-state index < -0.39 is 10.0 Å². The largest absolute Gasteiger partial charge is 0.497 e. The number of nitrogens with zero attached hydrogens (tertiary/aromatic N) is 1. The number of sulfonamides is 1. The van der Waals surface area contributed by atoms with E-state index in [1.807, 2.05) is 25.1 Å². The minimum atomic E-state index is -3.67. The third-order valence-electron chi connectivity index (χ3n) is 4.41. The van der Waals surface area contributed by atoms with Crippen LogP contribution in [0.1, 0.15) is 18.1 Å². The van der Waals surface area contributed by atoms with Crippen LogP contribution in [0.2, 0.25) is 0 Å². The number of rotatable bonds is 4. The van der Waals surface area contributed by atoms with Gasteiger partial charge in [-0.25, -0.2) is 8.42 Å². The van der Waals surface area contributed by atoms with Crippen molar-refractivity contribution in [2.24, 2.45) is 0 Å². The lowest BCUT2D eigenvalue weighted by Gasteiger charge is -2.34. The molecule has 6 heteroatoms. The number of methoxy groups -OCH3 is 2. The molecule has 0 aliphatic carbocycles. The molecule has 5 nitrogen and oxygen atoms in total. The summed E-state index contributed by atoms with van der Waals surface area (Å²) in [4.78, 5) is 0.164. The van der Waals surface area contributed by atoms with E-state index in [9.17, 15) is 8.42 Å². The fraction of sp³-hybridized carbons (Fsp3) is 0.333. The van der Waals surface area contributed by atoms with Crippen LogP contribution in [0.15, 0.2) is 47.4 Å². The fourth-order valence-electron chi connectivity index (χ4n) is 3.09. The summed E-state index contributed by atoms with van der Waals surface area (Å²) in [5.41, 5.74) is 2.25. The lowest BCUT2D eigenvalue weighted by molar-refractivity contribution is 0.307. The molecule has 1 aliphatic heterocycles. The molecule has 0 saturated heterocycles. The second-order valence-corrected chi connectivity index (χ2v) is 7.75. The summed E-state index contributed by atoms with van der Waals surface area (Å²) in [5.74, 6) is 0.850. The Morgan fingerprint density at radius 1 is 1.04 bits per heavy atom. The van der Waals surface area contributed by atoms with Crippen LogP contribution in [0, 0.1) is 0 Å². The normalized spacial score (nSPS) is 18.0. The van der Waals surface area contributed by atoms with Gasteiger partial charge in [0.1, 0.15) is 16.4 Å². The van der Waals surface area contributed by atoms with Crippen LogP contribution in [-0.4, -0.2) is 33.0 Å². The van der Waals surface area contributed by atoms with Crippen molar-refractivity contribution in [1.82, 2.24) is 4.31 Å². The third kappa shape index (κ3) is 2.87. The van der Waals surface area contributed by atoms with Gasteiger partial charge in [-0.05, 0) is 36.6 Å². The van der Waals surface area contributed by atoms with E-state index in [1.54, 1.807) is 22.5 Å². The van der Waals surface area contributed by atoms with Crippen molar-refractivity contribution in [1.29, 1.82) is 0 Å². The average molecular weight is 347 g/mol. The van der Waals surface area contributed by atoms with Gasteiger partial charge in [-0.2, -0.15) is 4.31 Å². The highest BCUT2D eigenvalue weighted by atomic mass is 32.2. The van der Waals surface area contributed by atoms with Gasteiger partial charge in [0.15, 0.2) is 0 Å². The van der Waals surface area contributed by atoms with E-state index in [2.05, 4.69) is 6.07 Å². The van der Waals surface area contributed by atoms with Gasteiger partial charge in [-0.3, -0.25) is 0 Å². The van der Waals surface area contributed by atoms with Crippen LogP contribution in [0.5, 0.6) is 11.5 Å². The molecule has 2 aromatic carbocycles. The van der Waals surface area contributed by atoms with Gasteiger partial charge in [-0.1, -0.05) is 24.3 Å². The smallest absolute Gasteiger partial charge is 0.247 e. The van der Waals surface area contributed by atoms with Crippen LogP contribution in [0.25, 0.3) is 0 Å². The molecule has 1 unspecified atom stereocenters. The Morgan fingerprint density at radius 2 is 1.75 bits per heavy atom. The molecule has 0 N–H and O–H groups in total. The zero-order valence-electron chi connectivity index (χ0n) is 14.0. The van der Waals surface area contributed by atoms with Gasteiger partial charge in [0.05, 0.1) is 14.2 Å². The minimum absolute atomic E-state index is 0.114. The third-order valence-corrected chi connectivity index (χ3v) is 6.41. The second-order valence-electron chi connectivity index (χ2n) is 5.89. The standard InChI is InChI=1S/C18H21NO4S/c1-13-10-14-6-4-5-7-15(14)12-19(13)24(20,21)18-9-8-16(22-2)11-17(18)23-3/h4-9,11,13H,10,12H2,1-3H3. The molecule has 1 atom stereocenters. The quantitative estimate of drug-likeness (QED) is 0.853. The number of fused-ring (bicyclic) bond motifs is 1. The first-order chi connectivity index (χ1) is 11.5. The van der Waals surface area contributed by atoms with Crippen molar-refractivity contribution in [2.45, 2.75) is 30.8 Å². The molecule has 0 saturated carbocycles. The minimum Gasteiger partial charge on any atom is -0.497 e. The van der Waals surface area contributed by atoms with Crippen LogP contribution in [0.4, 0.5) is 0 Å².